The highest BCUT2D eigenvalue weighted by molar-refractivity contribution is 6.03. The van der Waals surface area contributed by atoms with Gasteiger partial charge in [-0.3, -0.25) is 14.3 Å². The molecular formula is C29H24F4N8O2. The van der Waals surface area contributed by atoms with Gasteiger partial charge >= 0.3 is 12.3 Å². The maximum Gasteiger partial charge on any atom is 0.416 e. The zero-order valence-electron chi connectivity index (χ0n) is 22.7. The molecular weight excluding hydrogens is 568 g/mol. The van der Waals surface area contributed by atoms with Crippen LogP contribution in [0.25, 0.3) is 22.4 Å². The number of pyridine rings is 2. The molecule has 220 valence electrons. The van der Waals surface area contributed by atoms with E-state index in [0.717, 1.165) is 37.1 Å². The molecule has 14 heteroatoms. The Morgan fingerprint density at radius 1 is 1.05 bits per heavy atom. The number of aryl methyl sites for hydroxylation is 1. The monoisotopic (exact) mass is 592 g/mol. The molecule has 1 unspecified atom stereocenters. The largest absolute Gasteiger partial charge is 0.416 e. The van der Waals surface area contributed by atoms with Crippen molar-refractivity contribution in [2.45, 2.75) is 38.6 Å². The number of aromatic nitrogens is 6. The van der Waals surface area contributed by atoms with Crippen LogP contribution in [0.5, 0.6) is 0 Å². The number of imidazole rings is 1. The summed E-state index contributed by atoms with van der Waals surface area (Å²) in [6.07, 6.45) is 0.873. The number of nitrogens with zero attached hydrogens (tertiary/aromatic N) is 6. The fraction of sp³-hybridized carbons (Fsp3) is 0.241. The van der Waals surface area contributed by atoms with Gasteiger partial charge < -0.3 is 15.4 Å². The minimum atomic E-state index is -4.61. The van der Waals surface area contributed by atoms with E-state index in [-0.39, 0.29) is 17.6 Å². The highest BCUT2D eigenvalue weighted by Gasteiger charge is 2.31. The van der Waals surface area contributed by atoms with Gasteiger partial charge in [-0.1, -0.05) is 6.07 Å². The van der Waals surface area contributed by atoms with Gasteiger partial charge in [-0.05, 0) is 68.1 Å². The predicted octanol–water partition coefficient (Wildman–Crippen LogP) is 6.44. The molecule has 6 rings (SSSR count). The Morgan fingerprint density at radius 2 is 1.91 bits per heavy atom. The highest BCUT2D eigenvalue weighted by Crippen LogP contribution is 2.35. The summed E-state index contributed by atoms with van der Waals surface area (Å²) in [6.45, 7) is 2.41. The molecule has 1 aliphatic heterocycles. The van der Waals surface area contributed by atoms with E-state index in [2.05, 4.69) is 35.6 Å². The number of alkyl halides is 3. The summed E-state index contributed by atoms with van der Waals surface area (Å²) < 4.78 is 61.6. The van der Waals surface area contributed by atoms with Gasteiger partial charge in [0, 0.05) is 35.9 Å². The van der Waals surface area contributed by atoms with Crippen LogP contribution in [0.1, 0.15) is 47.1 Å². The normalized spacial score (nSPS) is 15.4. The third-order valence-electron chi connectivity index (χ3n) is 6.99. The lowest BCUT2D eigenvalue weighted by Gasteiger charge is -2.23. The summed E-state index contributed by atoms with van der Waals surface area (Å²) in [6, 6.07) is 9.80. The minimum absolute atomic E-state index is 0.227. The number of anilines is 3. The molecule has 2 N–H and O–H groups in total. The molecule has 1 aliphatic rings. The molecule has 0 saturated carbocycles. The first-order chi connectivity index (χ1) is 20.7. The van der Waals surface area contributed by atoms with Crippen LogP contribution in [-0.4, -0.2) is 42.0 Å². The summed E-state index contributed by atoms with van der Waals surface area (Å²) in [5, 5.41) is 5.79. The van der Waals surface area contributed by atoms with Gasteiger partial charge in [0.2, 0.25) is 0 Å². The number of halogens is 4. The Labute approximate surface area is 242 Å². The average Bonchev–Trinajstić information content (AvgIpc) is 3.42. The number of amides is 1. The predicted molar refractivity (Wildman–Crippen MR) is 149 cm³/mol. The summed E-state index contributed by atoms with van der Waals surface area (Å²) in [4.78, 5) is 33.5. The van der Waals surface area contributed by atoms with Crippen molar-refractivity contribution in [1.29, 1.82) is 0 Å². The number of carbonyl (C=O) groups is 1. The number of benzene rings is 1. The first-order valence-electron chi connectivity index (χ1n) is 13.4. The van der Waals surface area contributed by atoms with Crippen LogP contribution < -0.4 is 10.6 Å². The molecule has 1 amide bonds. The summed E-state index contributed by atoms with van der Waals surface area (Å²) in [5.41, 5.74) is 1.59. The lowest BCUT2D eigenvalue weighted by molar-refractivity contribution is -0.137. The zero-order valence-corrected chi connectivity index (χ0v) is 22.7. The van der Waals surface area contributed by atoms with E-state index in [0.29, 0.717) is 46.6 Å². The smallest absolute Gasteiger partial charge is 0.358 e. The van der Waals surface area contributed by atoms with Gasteiger partial charge in [-0.15, -0.1) is 0 Å². The fourth-order valence-electron chi connectivity index (χ4n) is 4.82. The van der Waals surface area contributed by atoms with Gasteiger partial charge in [-0.25, -0.2) is 9.97 Å². The molecule has 43 heavy (non-hydrogen) atoms. The molecule has 5 heterocycles. The Balaban J connectivity index is 1.31. The van der Waals surface area contributed by atoms with E-state index in [4.69, 9.17) is 4.74 Å². The van der Waals surface area contributed by atoms with Crippen LogP contribution in [0.15, 0.2) is 61.2 Å². The van der Waals surface area contributed by atoms with Crippen molar-refractivity contribution in [1.82, 2.24) is 29.5 Å². The van der Waals surface area contributed by atoms with Crippen molar-refractivity contribution >= 4 is 34.3 Å². The average molecular weight is 593 g/mol. The van der Waals surface area contributed by atoms with E-state index in [1.807, 2.05) is 6.92 Å². The van der Waals surface area contributed by atoms with Gasteiger partial charge in [0.05, 0.1) is 11.9 Å². The van der Waals surface area contributed by atoms with Crippen molar-refractivity contribution in [2.75, 3.05) is 17.2 Å². The van der Waals surface area contributed by atoms with E-state index in [1.54, 1.807) is 47.4 Å². The van der Waals surface area contributed by atoms with Crippen LogP contribution in [0.2, 0.25) is 0 Å². The Hall–Kier alpha value is -4.98. The molecule has 0 radical (unpaired) electrons. The first-order valence-corrected chi connectivity index (χ1v) is 13.4. The maximum atomic E-state index is 14.8. The second-order valence-corrected chi connectivity index (χ2v) is 9.92. The maximum absolute atomic E-state index is 14.8. The molecule has 5 aromatic rings. The second kappa shape index (κ2) is 11.4. The Bertz CT molecular complexity index is 1820. The van der Waals surface area contributed by atoms with E-state index in [1.165, 1.54) is 0 Å². The zero-order chi connectivity index (χ0) is 30.1. The van der Waals surface area contributed by atoms with Gasteiger partial charge in [-0.2, -0.15) is 27.5 Å². The number of nitrogens with one attached hydrogen (secondary N) is 2. The Morgan fingerprint density at radius 3 is 2.70 bits per heavy atom. The van der Waals surface area contributed by atoms with Crippen LogP contribution in [-0.2, 0) is 10.9 Å². The quantitative estimate of drug-likeness (QED) is 0.171. The Kier molecular flexibility index (Phi) is 7.44. The van der Waals surface area contributed by atoms with E-state index < -0.39 is 23.7 Å². The number of hydrogen-bond donors (Lipinski definition) is 2. The van der Waals surface area contributed by atoms with Crippen molar-refractivity contribution in [3.05, 3.63) is 84.1 Å². The standard InChI is InChI=1S/C29H24F4N8O2/c1-16-7-8-18(37-27(42)21-13-17(9-11-34-21)29(31,32)33)14-20(16)38-25-19(5-4-10-35-25)23-24-26(40-28(30)39-23)41(15-36-24)22-6-2-3-12-43-22/h4-5,7-11,13-15,22H,2-3,6,12H2,1H3,(H,35,38)(H,37,42). The van der Waals surface area contributed by atoms with Gasteiger partial charge in [0.1, 0.15) is 29.0 Å². The number of hydrogen-bond acceptors (Lipinski definition) is 8. The van der Waals surface area contributed by atoms with Gasteiger partial charge in [0.15, 0.2) is 5.65 Å². The van der Waals surface area contributed by atoms with Gasteiger partial charge in [0.25, 0.3) is 5.91 Å². The van der Waals surface area contributed by atoms with E-state index in [9.17, 15) is 22.4 Å². The lowest BCUT2D eigenvalue weighted by Crippen LogP contribution is -2.18. The van der Waals surface area contributed by atoms with Crippen LogP contribution in [0.4, 0.5) is 34.8 Å². The number of fused-ring (bicyclic) bond motifs is 1. The van der Waals surface area contributed by atoms with Crippen molar-refractivity contribution in [3.8, 4) is 11.3 Å². The van der Waals surface area contributed by atoms with Crippen molar-refractivity contribution in [3.63, 3.8) is 0 Å². The molecule has 1 atom stereocenters. The molecule has 0 spiro atoms. The fourth-order valence-corrected chi connectivity index (χ4v) is 4.82. The van der Waals surface area contributed by atoms with Crippen molar-refractivity contribution in [2.24, 2.45) is 0 Å². The van der Waals surface area contributed by atoms with Crippen LogP contribution in [0, 0.1) is 13.0 Å². The molecule has 1 aromatic carbocycles. The number of rotatable bonds is 6. The highest BCUT2D eigenvalue weighted by atomic mass is 19.4. The molecule has 1 fully saturated rings. The summed E-state index contributed by atoms with van der Waals surface area (Å²) in [7, 11) is 0. The van der Waals surface area contributed by atoms with Crippen molar-refractivity contribution < 1.29 is 27.1 Å². The summed E-state index contributed by atoms with van der Waals surface area (Å²) in [5.74, 6) is -0.479. The molecule has 10 nitrogen and oxygen atoms in total. The van der Waals surface area contributed by atoms with E-state index >= 15 is 0 Å². The number of ether oxygens (including phenoxy) is 1. The summed E-state index contributed by atoms with van der Waals surface area (Å²) >= 11 is 0. The van der Waals surface area contributed by atoms with Crippen LogP contribution >= 0.6 is 0 Å². The topological polar surface area (TPSA) is 120 Å². The lowest BCUT2D eigenvalue weighted by atomic mass is 10.1. The number of carbonyl (C=O) groups excluding carboxylic acids is 1. The molecule has 1 saturated heterocycles. The van der Waals surface area contributed by atoms with Crippen LogP contribution in [0.3, 0.4) is 0 Å². The second-order valence-electron chi connectivity index (χ2n) is 9.92. The molecule has 0 bridgehead atoms. The first kappa shape index (κ1) is 28.2. The minimum Gasteiger partial charge on any atom is -0.358 e. The SMILES string of the molecule is Cc1ccc(NC(=O)c2cc(C(F)(F)F)ccn2)cc1Nc1ncccc1-c1nc(F)nc2c1ncn2C1CCCCO1. The third kappa shape index (κ3) is 5.86. The molecule has 4 aromatic heterocycles. The third-order valence-corrected chi connectivity index (χ3v) is 6.99. The molecule has 0 aliphatic carbocycles.